The van der Waals surface area contributed by atoms with Crippen LogP contribution in [0.1, 0.15) is 86.7 Å². The van der Waals surface area contributed by atoms with E-state index in [4.69, 9.17) is 23.7 Å². The number of benzene rings is 3. The number of carbonyl (C=O) groups is 6. The minimum absolute atomic E-state index is 0.0230. The second kappa shape index (κ2) is 17.6. The molecular formula is C49H57NO15Si. The fourth-order valence-corrected chi connectivity index (χ4v) is 11.6. The number of rotatable bonds is 11. The van der Waals surface area contributed by atoms with Crippen LogP contribution >= 0.6 is 0 Å². The van der Waals surface area contributed by atoms with Crippen molar-refractivity contribution in [1.29, 1.82) is 0 Å². The summed E-state index contributed by atoms with van der Waals surface area (Å²) in [5, 5.41) is 41.2. The van der Waals surface area contributed by atoms with E-state index in [-0.39, 0.29) is 40.9 Å². The molecule has 0 spiro atoms. The van der Waals surface area contributed by atoms with E-state index in [9.17, 15) is 44.1 Å². The Labute approximate surface area is 383 Å². The predicted molar refractivity (Wildman–Crippen MR) is 237 cm³/mol. The molecule has 1 amide bonds. The summed E-state index contributed by atoms with van der Waals surface area (Å²) in [5.74, 6) is -7.00. The number of hydrogen-bond acceptors (Lipinski definition) is 15. The Morgan fingerprint density at radius 1 is 0.848 bits per heavy atom. The van der Waals surface area contributed by atoms with Crippen LogP contribution in [0.4, 0.5) is 0 Å². The number of ketones is 1. The van der Waals surface area contributed by atoms with Gasteiger partial charge in [0.15, 0.2) is 23.6 Å². The van der Waals surface area contributed by atoms with Crippen molar-refractivity contribution in [2.75, 3.05) is 6.61 Å². The molecule has 3 aliphatic carbocycles. The Morgan fingerprint density at radius 2 is 1.44 bits per heavy atom. The van der Waals surface area contributed by atoms with Crippen molar-refractivity contribution in [1.82, 2.24) is 5.32 Å². The molecule has 1 heterocycles. The first-order valence-electron chi connectivity index (χ1n) is 21.9. The highest BCUT2D eigenvalue weighted by Gasteiger charge is 2.78. The number of amides is 1. The summed E-state index contributed by atoms with van der Waals surface area (Å²) in [4.78, 5) is 94.9. The van der Waals surface area contributed by atoms with Gasteiger partial charge in [0.25, 0.3) is 5.91 Å². The number of nitrogens with one attached hydrogen (secondary N) is 1. The lowest BCUT2D eigenvalue weighted by Gasteiger charge is -2.67. The highest BCUT2D eigenvalue weighted by molar-refractivity contribution is 6.83. The second-order valence-electron chi connectivity index (χ2n) is 19.1. The van der Waals surface area contributed by atoms with E-state index in [0.717, 1.165) is 13.8 Å². The molecule has 3 aromatic carbocycles. The zero-order chi connectivity index (χ0) is 48.3. The average molecular weight is 928 g/mol. The van der Waals surface area contributed by atoms with Gasteiger partial charge in [-0.1, -0.05) is 74.5 Å². The van der Waals surface area contributed by atoms with Crippen LogP contribution in [0.15, 0.2) is 96.1 Å². The molecule has 0 aromatic heterocycles. The number of esters is 4. The van der Waals surface area contributed by atoms with Crippen LogP contribution in [0.2, 0.25) is 13.1 Å². The molecule has 17 heteroatoms. The number of aliphatic hydroxyl groups is 3. The zero-order valence-electron chi connectivity index (χ0n) is 38.1. The normalized spacial score (nSPS) is 30.9. The summed E-state index contributed by atoms with van der Waals surface area (Å²) >= 11 is 0. The number of carbonyl (C=O) groups excluding carboxylic acids is 6. The van der Waals surface area contributed by atoms with Crippen LogP contribution in [0.3, 0.4) is 0 Å². The Morgan fingerprint density at radius 3 is 1.97 bits per heavy atom. The highest BCUT2D eigenvalue weighted by Crippen LogP contribution is 2.64. The highest BCUT2D eigenvalue weighted by atomic mass is 28.4. The van der Waals surface area contributed by atoms with Crippen LogP contribution in [0.25, 0.3) is 0 Å². The minimum Gasteiger partial charge on any atom is -0.456 e. The van der Waals surface area contributed by atoms with Gasteiger partial charge in [0.1, 0.15) is 23.9 Å². The third kappa shape index (κ3) is 8.19. The van der Waals surface area contributed by atoms with E-state index in [1.54, 1.807) is 99.7 Å². The zero-order valence-corrected chi connectivity index (χ0v) is 39.1. The molecule has 2 bridgehead atoms. The second-order valence-corrected chi connectivity index (χ2v) is 22.8. The van der Waals surface area contributed by atoms with Gasteiger partial charge in [-0.3, -0.25) is 19.2 Å². The van der Waals surface area contributed by atoms with E-state index in [2.05, 4.69) is 5.32 Å². The van der Waals surface area contributed by atoms with Crippen molar-refractivity contribution in [2.45, 2.75) is 121 Å². The number of ether oxygens (including phenoxy) is 5. The average Bonchev–Trinajstić information content (AvgIpc) is 3.26. The van der Waals surface area contributed by atoms with Gasteiger partial charge in [0.05, 0.1) is 35.6 Å². The summed E-state index contributed by atoms with van der Waals surface area (Å²) < 4.78 is 30.4. The molecule has 2 saturated carbocycles. The summed E-state index contributed by atoms with van der Waals surface area (Å²) in [7, 11) is -2.80. The van der Waals surface area contributed by atoms with Crippen molar-refractivity contribution < 1.29 is 72.6 Å². The first-order valence-corrected chi connectivity index (χ1v) is 24.8. The molecule has 11 atom stereocenters. The number of Topliss-reactive ketones (excluding diaryl/α,β-unsaturated/α-hetero) is 1. The molecule has 0 unspecified atom stereocenters. The molecule has 1 aliphatic heterocycles. The largest absolute Gasteiger partial charge is 0.456 e. The maximum absolute atomic E-state index is 15.6. The summed E-state index contributed by atoms with van der Waals surface area (Å²) in [6.45, 7) is 11.3. The predicted octanol–water partition coefficient (Wildman–Crippen LogP) is 3.14. The van der Waals surface area contributed by atoms with Gasteiger partial charge < -0.3 is 49.1 Å². The van der Waals surface area contributed by atoms with Gasteiger partial charge >= 0.3 is 23.9 Å². The van der Waals surface area contributed by atoms with E-state index in [1.165, 1.54) is 26.0 Å². The van der Waals surface area contributed by atoms with E-state index in [1.807, 2.05) is 0 Å². The molecule has 352 valence electrons. The van der Waals surface area contributed by atoms with Gasteiger partial charge in [0, 0.05) is 37.7 Å². The van der Waals surface area contributed by atoms with E-state index >= 15 is 4.79 Å². The number of aliphatic hydroxyl groups excluding tert-OH is 2. The molecule has 1 saturated heterocycles. The molecular weight excluding hydrogens is 871 g/mol. The standard InChI is InChI=1S/C49H57NO15Si/c1-26-33(63-45(58)38(54)37(50-43(56)30-15-11-9-12-16-30)29-19-21-32(22-20-29)66(7,8)60)24-49(59)42(64-44(57)31-17-13-10-14-18-31)40-47(6,34(53)23-35-48(40,25-61-35)65-28(3)52)41(55)39(62-27(2)51)36(26)46(49,4)5/h9-22,33-35,37-40,42,53-54,59-60H,23-25H2,1-8H3,(H,50,56)/t33-,34-,35+,37-,38+,39+,40-,42-,47+,48-,49+/m0/s1. The van der Waals surface area contributed by atoms with E-state index < -0.39 is 121 Å². The van der Waals surface area contributed by atoms with Crippen LogP contribution in [0, 0.1) is 16.7 Å². The molecule has 66 heavy (non-hydrogen) atoms. The Kier molecular flexibility index (Phi) is 12.9. The Hall–Kier alpha value is -5.56. The minimum atomic E-state index is -2.80. The fourth-order valence-electron chi connectivity index (χ4n) is 10.6. The number of hydrogen-bond donors (Lipinski definition) is 5. The summed E-state index contributed by atoms with van der Waals surface area (Å²) in [5.41, 5.74) is -7.28. The SMILES string of the molecule is CC(=O)O[C@H]1C(=O)[C@@]2(C)[C@H]([C@H](OC(=O)c3ccccc3)[C@]3(O)C[C@H](OC(=O)[C@H](O)[C@@H](NC(=O)c4ccccc4)c4ccc([Si](C)(C)O)cc4)C(C)=C1C3(C)C)[C@]1(OC(C)=O)CO[C@@H]1C[C@@H]2O. The third-order valence-electron chi connectivity index (χ3n) is 14.3. The monoisotopic (exact) mass is 927 g/mol. The molecule has 5 N–H and O–H groups in total. The van der Waals surface area contributed by atoms with Crippen LogP contribution in [-0.4, -0.2) is 118 Å². The molecule has 16 nitrogen and oxygen atoms in total. The number of fused-ring (bicyclic) bond motifs is 5. The molecule has 0 radical (unpaired) electrons. The van der Waals surface area contributed by atoms with Crippen LogP contribution in [-0.2, 0) is 42.9 Å². The van der Waals surface area contributed by atoms with Crippen molar-refractivity contribution in [2.24, 2.45) is 16.7 Å². The lowest BCUT2D eigenvalue weighted by atomic mass is 9.44. The Bertz CT molecular complexity index is 2440. The molecule has 7 rings (SSSR count). The summed E-state index contributed by atoms with van der Waals surface area (Å²) in [6, 6.07) is 20.9. The van der Waals surface area contributed by atoms with Crippen LogP contribution < -0.4 is 10.5 Å². The van der Waals surface area contributed by atoms with Crippen LogP contribution in [0.5, 0.6) is 0 Å². The van der Waals surface area contributed by atoms with E-state index in [0.29, 0.717) is 5.19 Å². The van der Waals surface area contributed by atoms with Gasteiger partial charge in [-0.25, -0.2) is 9.59 Å². The summed E-state index contributed by atoms with van der Waals surface area (Å²) in [6.07, 6.45) is -10.7. The molecule has 3 aromatic rings. The lowest BCUT2D eigenvalue weighted by molar-refractivity contribution is -0.346. The molecule has 4 aliphatic rings. The van der Waals surface area contributed by atoms with Gasteiger partial charge in [0.2, 0.25) is 8.32 Å². The molecule has 3 fully saturated rings. The van der Waals surface area contributed by atoms with Crippen molar-refractivity contribution >= 4 is 49.1 Å². The van der Waals surface area contributed by atoms with Crippen molar-refractivity contribution in [3.8, 4) is 0 Å². The quantitative estimate of drug-likeness (QED) is 0.0804. The smallest absolute Gasteiger partial charge is 0.338 e. The maximum atomic E-state index is 15.6. The van der Waals surface area contributed by atoms with Gasteiger partial charge in [-0.05, 0) is 73.1 Å². The van der Waals surface area contributed by atoms with Gasteiger partial charge in [-0.15, -0.1) is 0 Å². The third-order valence-corrected chi connectivity index (χ3v) is 16.0. The lowest BCUT2D eigenvalue weighted by Crippen LogP contribution is -2.82. The van der Waals surface area contributed by atoms with Gasteiger partial charge in [-0.2, -0.15) is 0 Å². The Balaban J connectivity index is 1.38. The maximum Gasteiger partial charge on any atom is 0.338 e. The van der Waals surface area contributed by atoms with Crippen molar-refractivity contribution in [3.05, 3.63) is 113 Å². The van der Waals surface area contributed by atoms with Crippen molar-refractivity contribution in [3.63, 3.8) is 0 Å². The topological polar surface area (TPSA) is 242 Å². The first-order chi connectivity index (χ1) is 30.9. The first kappa shape index (κ1) is 48.4. The fraction of sp³-hybridized carbons (Fsp3) is 0.469.